The third kappa shape index (κ3) is 3.75. The van der Waals surface area contributed by atoms with Gasteiger partial charge in [0, 0.05) is 28.9 Å². The molecule has 5 rings (SSSR count). The first-order valence-corrected chi connectivity index (χ1v) is 10.7. The number of nitrogens with one attached hydrogen (secondary N) is 1. The number of hydrogen-bond acceptors (Lipinski definition) is 4. The number of fused-ring (bicyclic) bond motifs is 1. The summed E-state index contributed by atoms with van der Waals surface area (Å²) < 4.78 is 16.4. The minimum Gasteiger partial charge on any atom is -0.393 e. The Morgan fingerprint density at radius 2 is 1.91 bits per heavy atom. The number of aliphatic hydroxyl groups excluding tert-OH is 1. The maximum Gasteiger partial charge on any atom is 0.251 e. The number of amides is 1. The van der Waals surface area contributed by atoms with Gasteiger partial charge in [-0.3, -0.25) is 9.20 Å². The van der Waals surface area contributed by atoms with Crippen LogP contribution in [0.1, 0.15) is 34.5 Å². The monoisotopic (exact) mass is 440 g/mol. The molecule has 1 aliphatic rings. The molecule has 0 atom stereocenters. The fraction of sp³-hybridized carbons (Fsp3) is 0.192. The molecule has 1 amide bonds. The molecular formula is C26H21FN4O2. The summed E-state index contributed by atoms with van der Waals surface area (Å²) in [5.74, 6) is -0.593. The Hall–Kier alpha value is -4.02. The lowest BCUT2D eigenvalue weighted by Crippen LogP contribution is -2.46. The van der Waals surface area contributed by atoms with Gasteiger partial charge in [0.1, 0.15) is 23.2 Å². The number of aliphatic hydroxyl groups is 1. The highest BCUT2D eigenvalue weighted by molar-refractivity contribution is 5.95. The third-order valence-corrected chi connectivity index (χ3v) is 6.04. The normalized spacial score (nSPS) is 17.4. The van der Waals surface area contributed by atoms with Crippen LogP contribution >= 0.6 is 0 Å². The summed E-state index contributed by atoms with van der Waals surface area (Å²) in [5.41, 5.74) is 4.12. The van der Waals surface area contributed by atoms with E-state index in [1.165, 1.54) is 6.07 Å². The number of hydrogen-bond donors (Lipinski definition) is 2. The van der Waals surface area contributed by atoms with E-state index >= 15 is 0 Å². The van der Waals surface area contributed by atoms with Crippen molar-refractivity contribution in [3.8, 4) is 28.5 Å². The molecule has 0 saturated heterocycles. The number of carbonyl (C=O) groups is 1. The number of benzene rings is 2. The highest BCUT2D eigenvalue weighted by Crippen LogP contribution is 2.35. The number of nitriles is 1. The lowest BCUT2D eigenvalue weighted by Gasteiger charge is -2.31. The summed E-state index contributed by atoms with van der Waals surface area (Å²) in [7, 11) is 0. The average molecular weight is 440 g/mol. The smallest absolute Gasteiger partial charge is 0.251 e. The van der Waals surface area contributed by atoms with Gasteiger partial charge >= 0.3 is 0 Å². The first kappa shape index (κ1) is 20.9. The van der Waals surface area contributed by atoms with Crippen molar-refractivity contribution in [1.82, 2.24) is 14.7 Å². The molecule has 164 valence electrons. The Balaban J connectivity index is 1.58. The molecule has 2 aromatic carbocycles. The van der Waals surface area contributed by atoms with Crippen molar-refractivity contribution in [3.63, 3.8) is 0 Å². The fourth-order valence-corrected chi connectivity index (χ4v) is 4.22. The molecule has 0 radical (unpaired) electrons. The Morgan fingerprint density at radius 1 is 1.15 bits per heavy atom. The van der Waals surface area contributed by atoms with Crippen molar-refractivity contribution < 1.29 is 14.3 Å². The molecule has 2 heterocycles. The highest BCUT2D eigenvalue weighted by atomic mass is 19.1. The molecule has 1 saturated carbocycles. The van der Waals surface area contributed by atoms with Crippen molar-refractivity contribution in [1.29, 1.82) is 5.26 Å². The molecule has 6 nitrogen and oxygen atoms in total. The molecule has 2 N–H and O–H groups in total. The van der Waals surface area contributed by atoms with Gasteiger partial charge in [-0.2, -0.15) is 5.26 Å². The van der Waals surface area contributed by atoms with Gasteiger partial charge in [-0.05, 0) is 49.1 Å². The van der Waals surface area contributed by atoms with Crippen LogP contribution in [0.5, 0.6) is 0 Å². The number of aromatic nitrogens is 2. The van der Waals surface area contributed by atoms with E-state index in [4.69, 9.17) is 0 Å². The molecule has 4 aromatic rings. The second kappa shape index (κ2) is 8.15. The van der Waals surface area contributed by atoms with Crippen LogP contribution in [0, 0.1) is 24.1 Å². The predicted octanol–water partition coefficient (Wildman–Crippen LogP) is 4.24. The first-order valence-electron chi connectivity index (χ1n) is 10.7. The minimum atomic E-state index is -0.357. The fourth-order valence-electron chi connectivity index (χ4n) is 4.22. The van der Waals surface area contributed by atoms with Crippen molar-refractivity contribution in [3.05, 3.63) is 83.4 Å². The van der Waals surface area contributed by atoms with E-state index in [1.54, 1.807) is 34.9 Å². The molecule has 2 aromatic heterocycles. The second-order valence-electron chi connectivity index (χ2n) is 8.39. The van der Waals surface area contributed by atoms with E-state index < -0.39 is 0 Å². The van der Waals surface area contributed by atoms with Gasteiger partial charge in [-0.1, -0.05) is 36.4 Å². The van der Waals surface area contributed by atoms with Crippen molar-refractivity contribution in [2.45, 2.75) is 31.9 Å². The van der Waals surface area contributed by atoms with Gasteiger partial charge in [0.2, 0.25) is 0 Å². The van der Waals surface area contributed by atoms with Crippen LogP contribution < -0.4 is 5.32 Å². The van der Waals surface area contributed by atoms with Gasteiger partial charge in [0.25, 0.3) is 5.91 Å². The number of imidazole rings is 1. The maximum absolute atomic E-state index is 14.8. The molecule has 0 aliphatic heterocycles. The van der Waals surface area contributed by atoms with Crippen LogP contribution in [0.4, 0.5) is 4.39 Å². The van der Waals surface area contributed by atoms with E-state index in [-0.39, 0.29) is 23.9 Å². The zero-order valence-corrected chi connectivity index (χ0v) is 17.9. The second-order valence-corrected chi connectivity index (χ2v) is 8.39. The van der Waals surface area contributed by atoms with E-state index in [0.29, 0.717) is 52.1 Å². The molecular weight excluding hydrogens is 419 g/mol. The zero-order valence-electron chi connectivity index (χ0n) is 17.9. The number of aryl methyl sites for hydroxylation is 1. The van der Waals surface area contributed by atoms with Gasteiger partial charge in [0.05, 0.1) is 6.10 Å². The van der Waals surface area contributed by atoms with Gasteiger partial charge < -0.3 is 10.4 Å². The number of halogens is 1. The van der Waals surface area contributed by atoms with Crippen LogP contribution in [0.15, 0.2) is 60.8 Å². The van der Waals surface area contributed by atoms with Gasteiger partial charge in [-0.25, -0.2) is 9.37 Å². The van der Waals surface area contributed by atoms with Crippen LogP contribution in [-0.2, 0) is 0 Å². The Morgan fingerprint density at radius 3 is 2.61 bits per heavy atom. The van der Waals surface area contributed by atoms with Crippen molar-refractivity contribution in [2.75, 3.05) is 0 Å². The minimum absolute atomic E-state index is 0.0371. The van der Waals surface area contributed by atoms with Crippen LogP contribution in [0.2, 0.25) is 0 Å². The molecule has 0 unspecified atom stereocenters. The maximum atomic E-state index is 14.8. The first-order chi connectivity index (χ1) is 15.9. The average Bonchev–Trinajstić information content (AvgIpc) is 3.15. The molecule has 33 heavy (non-hydrogen) atoms. The lowest BCUT2D eigenvalue weighted by atomic mass is 9.89. The standard InChI is InChI=1S/C26H21FN4O2/c1-15-6-7-20(22(27)10-15)19-4-2-3-5-21(19)25-23(14-28)31-9-8-16(11-24(31)30-25)26(33)29-17-12-18(32)13-17/h2-11,17-18,32H,12-13H2,1H3,(H,29,33). The summed E-state index contributed by atoms with van der Waals surface area (Å²) in [5, 5.41) is 22.2. The molecule has 7 heteroatoms. The lowest BCUT2D eigenvalue weighted by molar-refractivity contribution is 0.0562. The van der Waals surface area contributed by atoms with Crippen LogP contribution in [0.25, 0.3) is 28.0 Å². The number of nitrogens with zero attached hydrogens (tertiary/aromatic N) is 3. The molecule has 0 spiro atoms. The van der Waals surface area contributed by atoms with E-state index in [2.05, 4.69) is 16.4 Å². The predicted molar refractivity (Wildman–Crippen MR) is 122 cm³/mol. The summed E-state index contributed by atoms with van der Waals surface area (Å²) in [6.45, 7) is 1.83. The largest absolute Gasteiger partial charge is 0.393 e. The third-order valence-electron chi connectivity index (χ3n) is 6.04. The summed E-state index contributed by atoms with van der Waals surface area (Å²) >= 11 is 0. The number of carbonyl (C=O) groups excluding carboxylic acids is 1. The SMILES string of the molecule is Cc1ccc(-c2ccccc2-c2nc3cc(C(=O)NC4CC(O)C4)ccn3c2C#N)c(F)c1. The summed E-state index contributed by atoms with van der Waals surface area (Å²) in [4.78, 5) is 17.3. The summed E-state index contributed by atoms with van der Waals surface area (Å²) in [6.07, 6.45) is 2.38. The molecule has 1 aliphatic carbocycles. The van der Waals surface area contributed by atoms with Crippen LogP contribution in [0.3, 0.4) is 0 Å². The van der Waals surface area contributed by atoms with Crippen molar-refractivity contribution in [2.24, 2.45) is 0 Å². The van der Waals surface area contributed by atoms with E-state index in [0.717, 1.165) is 5.56 Å². The van der Waals surface area contributed by atoms with E-state index in [9.17, 15) is 19.6 Å². The quantitative estimate of drug-likeness (QED) is 0.497. The zero-order chi connectivity index (χ0) is 23.1. The molecule has 1 fully saturated rings. The Kier molecular flexibility index (Phi) is 5.15. The Labute approximate surface area is 189 Å². The number of pyridine rings is 1. The number of rotatable bonds is 4. The van der Waals surface area contributed by atoms with Crippen LogP contribution in [-0.4, -0.2) is 32.5 Å². The van der Waals surface area contributed by atoms with E-state index in [1.807, 2.05) is 31.2 Å². The van der Waals surface area contributed by atoms with Crippen molar-refractivity contribution >= 4 is 11.6 Å². The Bertz CT molecular complexity index is 1430. The molecule has 0 bridgehead atoms. The topological polar surface area (TPSA) is 90.4 Å². The summed E-state index contributed by atoms with van der Waals surface area (Å²) in [6, 6.07) is 17.7. The highest BCUT2D eigenvalue weighted by Gasteiger charge is 2.29. The van der Waals surface area contributed by atoms with Gasteiger partial charge in [-0.15, -0.1) is 0 Å². The van der Waals surface area contributed by atoms with Gasteiger partial charge in [0.15, 0.2) is 5.69 Å².